The SMILES string of the molecule is CC(C)[C@H]1CC[C@](C)(CO)CC1. The van der Waals surface area contributed by atoms with Gasteiger partial charge in [0.1, 0.15) is 0 Å². The Labute approximate surface area is 76.2 Å². The van der Waals surface area contributed by atoms with Crippen molar-refractivity contribution in [3.8, 4) is 0 Å². The highest BCUT2D eigenvalue weighted by atomic mass is 16.3. The van der Waals surface area contributed by atoms with Crippen molar-refractivity contribution in [2.75, 3.05) is 6.61 Å². The first-order valence-electron chi connectivity index (χ1n) is 5.18. The van der Waals surface area contributed by atoms with Crippen LogP contribution in [0.15, 0.2) is 0 Å². The summed E-state index contributed by atoms with van der Waals surface area (Å²) < 4.78 is 0. The summed E-state index contributed by atoms with van der Waals surface area (Å²) in [5, 5.41) is 9.18. The third-order valence-corrected chi connectivity index (χ3v) is 3.56. The predicted molar refractivity (Wildman–Crippen MR) is 52.0 cm³/mol. The van der Waals surface area contributed by atoms with E-state index in [9.17, 15) is 5.11 Å². The van der Waals surface area contributed by atoms with Gasteiger partial charge in [-0.1, -0.05) is 20.8 Å². The molecule has 72 valence electrons. The molecule has 0 unspecified atom stereocenters. The fourth-order valence-electron chi connectivity index (χ4n) is 2.16. The molecule has 0 saturated heterocycles. The van der Waals surface area contributed by atoms with Gasteiger partial charge in [0, 0.05) is 6.61 Å². The van der Waals surface area contributed by atoms with Crippen molar-refractivity contribution in [2.45, 2.75) is 46.5 Å². The molecular weight excluding hydrogens is 148 g/mol. The average Bonchev–Trinajstić information content (AvgIpc) is 2.05. The molecule has 12 heavy (non-hydrogen) atoms. The van der Waals surface area contributed by atoms with Gasteiger partial charge in [0.2, 0.25) is 0 Å². The highest BCUT2D eigenvalue weighted by Gasteiger charge is 2.31. The Balaban J connectivity index is 2.39. The smallest absolute Gasteiger partial charge is 0.0484 e. The van der Waals surface area contributed by atoms with Crippen molar-refractivity contribution in [1.82, 2.24) is 0 Å². The molecule has 1 rings (SSSR count). The third-order valence-electron chi connectivity index (χ3n) is 3.56. The molecule has 0 aromatic heterocycles. The maximum atomic E-state index is 9.18. The second-order valence-electron chi connectivity index (χ2n) is 5.05. The molecule has 0 spiro atoms. The topological polar surface area (TPSA) is 20.2 Å². The molecule has 1 N–H and O–H groups in total. The van der Waals surface area contributed by atoms with Crippen molar-refractivity contribution in [3.05, 3.63) is 0 Å². The highest BCUT2D eigenvalue weighted by molar-refractivity contribution is 4.82. The van der Waals surface area contributed by atoms with Crippen LogP contribution in [0.5, 0.6) is 0 Å². The van der Waals surface area contributed by atoms with Gasteiger partial charge in [-0.3, -0.25) is 0 Å². The summed E-state index contributed by atoms with van der Waals surface area (Å²) in [6.45, 7) is 7.21. The van der Waals surface area contributed by atoms with E-state index < -0.39 is 0 Å². The van der Waals surface area contributed by atoms with E-state index >= 15 is 0 Å². The monoisotopic (exact) mass is 170 g/mol. The lowest BCUT2D eigenvalue weighted by Gasteiger charge is -2.37. The van der Waals surface area contributed by atoms with Gasteiger partial charge >= 0.3 is 0 Å². The van der Waals surface area contributed by atoms with Gasteiger partial charge in [0.05, 0.1) is 0 Å². The van der Waals surface area contributed by atoms with Crippen molar-refractivity contribution >= 4 is 0 Å². The van der Waals surface area contributed by atoms with Crippen LogP contribution in [-0.4, -0.2) is 11.7 Å². The van der Waals surface area contributed by atoms with Gasteiger partial charge in [0.15, 0.2) is 0 Å². The molecule has 0 aromatic rings. The molecule has 0 atom stereocenters. The number of hydrogen-bond acceptors (Lipinski definition) is 1. The van der Waals surface area contributed by atoms with Crippen LogP contribution in [0.3, 0.4) is 0 Å². The largest absolute Gasteiger partial charge is 0.396 e. The molecule has 0 aliphatic heterocycles. The van der Waals surface area contributed by atoms with Gasteiger partial charge in [-0.2, -0.15) is 0 Å². The van der Waals surface area contributed by atoms with Crippen LogP contribution < -0.4 is 0 Å². The molecule has 0 radical (unpaired) electrons. The summed E-state index contributed by atoms with van der Waals surface area (Å²) in [6, 6.07) is 0. The van der Waals surface area contributed by atoms with Crippen LogP contribution >= 0.6 is 0 Å². The lowest BCUT2D eigenvalue weighted by Crippen LogP contribution is -2.29. The average molecular weight is 170 g/mol. The minimum Gasteiger partial charge on any atom is -0.396 e. The van der Waals surface area contributed by atoms with Crippen LogP contribution in [0.4, 0.5) is 0 Å². The van der Waals surface area contributed by atoms with Crippen LogP contribution in [0.2, 0.25) is 0 Å². The van der Waals surface area contributed by atoms with Crippen molar-refractivity contribution in [3.63, 3.8) is 0 Å². The predicted octanol–water partition coefficient (Wildman–Crippen LogP) is 2.83. The molecule has 0 heterocycles. The van der Waals surface area contributed by atoms with E-state index in [2.05, 4.69) is 20.8 Å². The first-order chi connectivity index (χ1) is 5.57. The van der Waals surface area contributed by atoms with E-state index in [0.717, 1.165) is 11.8 Å². The fourth-order valence-corrected chi connectivity index (χ4v) is 2.16. The van der Waals surface area contributed by atoms with Gasteiger partial charge in [-0.25, -0.2) is 0 Å². The molecule has 0 bridgehead atoms. The second kappa shape index (κ2) is 3.78. The summed E-state index contributed by atoms with van der Waals surface area (Å²) >= 11 is 0. The summed E-state index contributed by atoms with van der Waals surface area (Å²) in [5.41, 5.74) is 0.241. The molecule has 1 fully saturated rings. The van der Waals surface area contributed by atoms with E-state index in [1.807, 2.05) is 0 Å². The third kappa shape index (κ3) is 2.22. The first kappa shape index (κ1) is 10.0. The quantitative estimate of drug-likeness (QED) is 0.675. The molecule has 1 saturated carbocycles. The van der Waals surface area contributed by atoms with E-state index in [1.54, 1.807) is 0 Å². The molecule has 1 heteroatoms. The Kier molecular flexibility index (Phi) is 3.16. The minimum absolute atomic E-state index is 0.241. The zero-order valence-electron chi connectivity index (χ0n) is 8.64. The maximum Gasteiger partial charge on any atom is 0.0484 e. The zero-order valence-corrected chi connectivity index (χ0v) is 8.64. The summed E-state index contributed by atoms with van der Waals surface area (Å²) in [7, 11) is 0. The van der Waals surface area contributed by atoms with Crippen LogP contribution in [0.1, 0.15) is 46.5 Å². The standard InChI is InChI=1S/C11H22O/c1-9(2)10-4-6-11(3,8-12)7-5-10/h9-10,12H,4-8H2,1-3H3/t10-,11-. The molecule has 0 aromatic carbocycles. The van der Waals surface area contributed by atoms with Crippen molar-refractivity contribution < 1.29 is 5.11 Å². The van der Waals surface area contributed by atoms with Crippen LogP contribution in [0.25, 0.3) is 0 Å². The number of aliphatic hydroxyl groups excluding tert-OH is 1. The Hall–Kier alpha value is -0.0400. The Morgan fingerprint density at radius 2 is 1.83 bits per heavy atom. The zero-order chi connectivity index (χ0) is 9.19. The second-order valence-corrected chi connectivity index (χ2v) is 5.05. The van der Waals surface area contributed by atoms with E-state index in [1.165, 1.54) is 25.7 Å². The number of rotatable bonds is 2. The van der Waals surface area contributed by atoms with Gasteiger partial charge in [-0.15, -0.1) is 0 Å². The van der Waals surface area contributed by atoms with Gasteiger partial charge < -0.3 is 5.11 Å². The molecule has 1 nitrogen and oxygen atoms in total. The van der Waals surface area contributed by atoms with E-state index in [-0.39, 0.29) is 5.41 Å². The Morgan fingerprint density at radius 1 is 1.33 bits per heavy atom. The highest BCUT2D eigenvalue weighted by Crippen LogP contribution is 2.40. The van der Waals surface area contributed by atoms with Crippen LogP contribution in [-0.2, 0) is 0 Å². The van der Waals surface area contributed by atoms with Crippen molar-refractivity contribution in [1.29, 1.82) is 0 Å². The number of aliphatic hydroxyl groups is 1. The Morgan fingerprint density at radius 3 is 2.17 bits per heavy atom. The van der Waals surface area contributed by atoms with Gasteiger partial charge in [0.25, 0.3) is 0 Å². The number of hydrogen-bond donors (Lipinski definition) is 1. The summed E-state index contributed by atoms with van der Waals surface area (Å²) in [4.78, 5) is 0. The molecule has 1 aliphatic carbocycles. The van der Waals surface area contributed by atoms with Crippen LogP contribution in [0, 0.1) is 17.3 Å². The molecular formula is C11H22O. The molecule has 0 amide bonds. The normalized spacial score (nSPS) is 37.2. The first-order valence-corrected chi connectivity index (χ1v) is 5.18. The van der Waals surface area contributed by atoms with Gasteiger partial charge in [-0.05, 0) is 42.9 Å². The van der Waals surface area contributed by atoms with Crippen molar-refractivity contribution in [2.24, 2.45) is 17.3 Å². The summed E-state index contributed by atoms with van der Waals surface area (Å²) in [6.07, 6.45) is 5.06. The maximum absolute atomic E-state index is 9.18. The summed E-state index contributed by atoms with van der Waals surface area (Å²) in [5.74, 6) is 1.73. The lowest BCUT2D eigenvalue weighted by atomic mass is 9.69. The molecule has 1 aliphatic rings. The van der Waals surface area contributed by atoms with E-state index in [0.29, 0.717) is 6.61 Å². The minimum atomic E-state index is 0.241. The van der Waals surface area contributed by atoms with E-state index in [4.69, 9.17) is 0 Å². The Bertz CT molecular complexity index is 132. The fraction of sp³-hybridized carbons (Fsp3) is 1.00. The lowest BCUT2D eigenvalue weighted by molar-refractivity contribution is 0.0705.